The van der Waals surface area contributed by atoms with E-state index in [2.05, 4.69) is 32.9 Å². The Bertz CT molecular complexity index is 859. The summed E-state index contributed by atoms with van der Waals surface area (Å²) in [5, 5.41) is 14.8. The average Bonchev–Trinajstić information content (AvgIpc) is 2.94. The van der Waals surface area contributed by atoms with E-state index < -0.39 is 31.6 Å². The molecule has 0 aliphatic heterocycles. The average molecular weight is 546 g/mol. The van der Waals surface area contributed by atoms with Crippen LogP contribution in [0.5, 0.6) is 0 Å². The fraction of sp³-hybridized carbons (Fsp3) is 0.600. The Hall–Kier alpha value is -1.94. The third-order valence-corrected chi connectivity index (χ3v) is 11.8. The first-order valence-corrected chi connectivity index (χ1v) is 15.9. The molecule has 38 heavy (non-hydrogen) atoms. The molecule has 0 saturated carbocycles. The van der Waals surface area contributed by atoms with Gasteiger partial charge in [0, 0.05) is 19.8 Å². The van der Waals surface area contributed by atoms with E-state index in [4.69, 9.17) is 14.2 Å². The molecule has 0 spiro atoms. The summed E-state index contributed by atoms with van der Waals surface area (Å²) in [5.41, 5.74) is 0. The maximum atomic E-state index is 12.3. The Morgan fingerprint density at radius 3 is 1.87 bits per heavy atom. The summed E-state index contributed by atoms with van der Waals surface area (Å²) in [6, 6.07) is 18.7. The summed E-state index contributed by atoms with van der Waals surface area (Å²) < 4.78 is 17.8. The van der Waals surface area contributed by atoms with Crippen LogP contribution in [-0.2, 0) is 14.2 Å². The topological polar surface area (TPSA) is 97.6 Å². The number of hydrogen-bond donors (Lipinski definition) is 2. The Kier molecular flexibility index (Phi) is 14.3. The van der Waals surface area contributed by atoms with Gasteiger partial charge in [-0.05, 0) is 34.7 Å². The number of aliphatic hydroxyl groups is 1. The predicted molar refractivity (Wildman–Crippen MR) is 156 cm³/mol. The van der Waals surface area contributed by atoms with Gasteiger partial charge in [-0.1, -0.05) is 106 Å². The zero-order valence-corrected chi connectivity index (χ0v) is 24.6. The van der Waals surface area contributed by atoms with Gasteiger partial charge in [0.15, 0.2) is 0 Å². The van der Waals surface area contributed by atoms with Crippen LogP contribution in [0.15, 0.2) is 65.8 Å². The lowest BCUT2D eigenvalue weighted by molar-refractivity contribution is -0.0806. The van der Waals surface area contributed by atoms with Crippen LogP contribution < -0.4 is 10.4 Å². The smallest absolute Gasteiger partial charge is 0.258 e. The van der Waals surface area contributed by atoms with Crippen molar-refractivity contribution in [3.63, 3.8) is 0 Å². The quantitative estimate of drug-likeness (QED) is 0.145. The standard InChI is InChI=1S/C30H47NO6Si/c1-5-7-20-35-24-28(36-21-8-6-2)29(31-33)27(23-32)37-22-19-30(3,4)38(34,25-15-11-9-12-16-25)26-17-13-10-14-18-26/h9-18,27-29,32,34H,5-8,19-24H2,1-4H3/t27?,28?,29-/m1/s1. The van der Waals surface area contributed by atoms with E-state index in [1.807, 2.05) is 60.7 Å². The van der Waals surface area contributed by atoms with Crippen molar-refractivity contribution >= 4 is 18.7 Å². The van der Waals surface area contributed by atoms with Gasteiger partial charge in [-0.2, -0.15) is 4.91 Å². The summed E-state index contributed by atoms with van der Waals surface area (Å²) >= 11 is 0. The molecule has 0 bridgehead atoms. The summed E-state index contributed by atoms with van der Waals surface area (Å²) in [7, 11) is -3.19. The first-order chi connectivity index (χ1) is 18.4. The molecule has 2 unspecified atom stereocenters. The third-order valence-electron chi connectivity index (χ3n) is 7.24. The minimum absolute atomic E-state index is 0.222. The van der Waals surface area contributed by atoms with Gasteiger partial charge in [-0.25, -0.2) is 0 Å². The van der Waals surface area contributed by atoms with E-state index in [-0.39, 0.29) is 19.8 Å². The van der Waals surface area contributed by atoms with Gasteiger partial charge in [0.2, 0.25) is 0 Å². The zero-order valence-electron chi connectivity index (χ0n) is 23.6. The largest absolute Gasteiger partial charge is 0.424 e. The van der Waals surface area contributed by atoms with Crippen molar-refractivity contribution in [1.29, 1.82) is 0 Å². The summed E-state index contributed by atoms with van der Waals surface area (Å²) in [6.45, 7) is 9.46. The molecule has 0 saturated heterocycles. The monoisotopic (exact) mass is 545 g/mol. The number of benzene rings is 2. The Labute approximate surface area is 229 Å². The Balaban J connectivity index is 2.16. The number of ether oxygens (including phenoxy) is 3. The van der Waals surface area contributed by atoms with Crippen LogP contribution in [0.25, 0.3) is 0 Å². The highest BCUT2D eigenvalue weighted by atomic mass is 28.4. The molecule has 2 aromatic rings. The van der Waals surface area contributed by atoms with Crippen LogP contribution in [0.1, 0.15) is 59.8 Å². The van der Waals surface area contributed by atoms with Crippen molar-refractivity contribution in [2.75, 3.05) is 33.0 Å². The molecule has 0 aliphatic rings. The van der Waals surface area contributed by atoms with Crippen LogP contribution in [0.2, 0.25) is 5.04 Å². The number of unbranched alkanes of at least 4 members (excludes halogenated alkanes) is 2. The summed E-state index contributed by atoms with van der Waals surface area (Å²) in [6.07, 6.45) is 2.86. The molecule has 2 rings (SSSR count). The molecule has 0 aromatic heterocycles. The fourth-order valence-corrected chi connectivity index (χ4v) is 8.37. The molecule has 2 aromatic carbocycles. The first-order valence-electron chi connectivity index (χ1n) is 13.9. The maximum absolute atomic E-state index is 12.3. The molecule has 2 N–H and O–H groups in total. The molecule has 8 heteroatoms. The molecule has 0 radical (unpaired) electrons. The van der Waals surface area contributed by atoms with Crippen LogP contribution >= 0.6 is 0 Å². The van der Waals surface area contributed by atoms with Crippen LogP contribution in [0, 0.1) is 4.91 Å². The van der Waals surface area contributed by atoms with Gasteiger partial charge >= 0.3 is 0 Å². The van der Waals surface area contributed by atoms with Crippen molar-refractivity contribution in [3.05, 3.63) is 65.6 Å². The highest BCUT2D eigenvalue weighted by molar-refractivity contribution is 6.98. The van der Waals surface area contributed by atoms with Crippen LogP contribution in [-0.4, -0.2) is 69.5 Å². The van der Waals surface area contributed by atoms with Crippen molar-refractivity contribution in [2.24, 2.45) is 5.18 Å². The van der Waals surface area contributed by atoms with Gasteiger partial charge in [0.25, 0.3) is 8.32 Å². The lowest BCUT2D eigenvalue weighted by Crippen LogP contribution is -2.65. The third kappa shape index (κ3) is 8.79. The van der Waals surface area contributed by atoms with Gasteiger partial charge in [0.05, 0.1) is 13.2 Å². The summed E-state index contributed by atoms with van der Waals surface area (Å²) in [4.78, 5) is 24.3. The SMILES string of the molecule is CCCCOCC(OCCCC)[C@H](N=O)C(CO)OCCC(C)(C)[Si](O)(c1ccccc1)c1ccccc1. The molecular weight excluding hydrogens is 498 g/mol. The highest BCUT2D eigenvalue weighted by Gasteiger charge is 2.49. The Morgan fingerprint density at radius 1 is 0.842 bits per heavy atom. The number of rotatable bonds is 20. The van der Waals surface area contributed by atoms with Gasteiger partial charge in [-0.3, -0.25) is 0 Å². The van der Waals surface area contributed by atoms with E-state index in [0.717, 1.165) is 36.1 Å². The molecule has 212 valence electrons. The van der Waals surface area contributed by atoms with Crippen molar-refractivity contribution < 1.29 is 24.1 Å². The van der Waals surface area contributed by atoms with Crippen LogP contribution in [0.3, 0.4) is 0 Å². The van der Waals surface area contributed by atoms with E-state index in [1.54, 1.807) is 0 Å². The van der Waals surface area contributed by atoms with E-state index in [9.17, 15) is 14.8 Å². The molecule has 0 heterocycles. The number of nitroso groups, excluding NO2 is 1. The zero-order chi connectivity index (χ0) is 27.9. The second kappa shape index (κ2) is 16.9. The number of nitrogens with zero attached hydrogens (tertiary/aromatic N) is 1. The predicted octanol–water partition coefficient (Wildman–Crippen LogP) is 4.42. The molecular formula is C30H47NO6Si. The number of aliphatic hydroxyl groups excluding tert-OH is 1. The van der Waals surface area contributed by atoms with Gasteiger partial charge in [0.1, 0.15) is 18.2 Å². The minimum Gasteiger partial charge on any atom is -0.424 e. The van der Waals surface area contributed by atoms with Crippen molar-refractivity contribution in [1.82, 2.24) is 0 Å². The highest BCUT2D eigenvalue weighted by Crippen LogP contribution is 2.38. The van der Waals surface area contributed by atoms with E-state index in [1.165, 1.54) is 0 Å². The van der Waals surface area contributed by atoms with Crippen molar-refractivity contribution in [3.8, 4) is 0 Å². The lowest BCUT2D eigenvalue weighted by Gasteiger charge is -2.41. The molecule has 7 nitrogen and oxygen atoms in total. The van der Waals surface area contributed by atoms with Crippen molar-refractivity contribution in [2.45, 2.75) is 83.1 Å². The van der Waals surface area contributed by atoms with E-state index >= 15 is 0 Å². The van der Waals surface area contributed by atoms with Gasteiger partial charge in [-0.15, -0.1) is 0 Å². The fourth-order valence-electron chi connectivity index (χ4n) is 4.66. The summed E-state index contributed by atoms with van der Waals surface area (Å²) in [5.74, 6) is 0. The molecule has 0 aliphatic carbocycles. The minimum atomic E-state index is -3.19. The van der Waals surface area contributed by atoms with E-state index in [0.29, 0.717) is 19.6 Å². The normalized spacial score (nSPS) is 14.7. The Morgan fingerprint density at radius 2 is 1.37 bits per heavy atom. The number of hydrogen-bond acceptors (Lipinski definition) is 7. The second-order valence-corrected chi connectivity index (χ2v) is 14.4. The first kappa shape index (κ1) is 32.3. The van der Waals surface area contributed by atoms with Gasteiger partial charge < -0.3 is 24.1 Å². The molecule has 0 fully saturated rings. The maximum Gasteiger partial charge on any atom is 0.258 e. The van der Waals surface area contributed by atoms with Crippen LogP contribution in [0.4, 0.5) is 0 Å². The molecule has 3 atom stereocenters. The second-order valence-electron chi connectivity index (χ2n) is 10.5. The molecule has 0 amide bonds. The lowest BCUT2D eigenvalue weighted by atomic mass is 10.1.